The van der Waals surface area contributed by atoms with Gasteiger partial charge in [0.1, 0.15) is 11.9 Å². The van der Waals surface area contributed by atoms with Crippen molar-refractivity contribution in [2.75, 3.05) is 5.32 Å². The summed E-state index contributed by atoms with van der Waals surface area (Å²) in [5.41, 5.74) is 3.08. The van der Waals surface area contributed by atoms with Crippen molar-refractivity contribution in [3.63, 3.8) is 0 Å². The molecule has 0 bridgehead atoms. The minimum atomic E-state index is -0.494. The van der Waals surface area contributed by atoms with Gasteiger partial charge in [-0.05, 0) is 30.7 Å². The Balaban J connectivity index is 2.04. The Bertz CT molecular complexity index is 582. The summed E-state index contributed by atoms with van der Waals surface area (Å²) in [7, 11) is 0. The molecule has 0 aliphatic rings. The standard InChI is InChI=1S/C15H13FN2/c1-11-2-4-12(5-3-11)10-18-14-7-6-13(9-17)15(16)8-14/h2-8,18H,10H2,1H3. The highest BCUT2D eigenvalue weighted by atomic mass is 19.1. The fourth-order valence-corrected chi connectivity index (χ4v) is 1.63. The van der Waals surface area contributed by atoms with E-state index in [9.17, 15) is 4.39 Å². The van der Waals surface area contributed by atoms with Crippen LogP contribution in [0, 0.1) is 24.1 Å². The Hall–Kier alpha value is -2.34. The first-order valence-corrected chi connectivity index (χ1v) is 5.68. The zero-order valence-corrected chi connectivity index (χ0v) is 10.1. The summed E-state index contributed by atoms with van der Waals surface area (Å²) in [6, 6.07) is 14.5. The average Bonchev–Trinajstić information content (AvgIpc) is 2.38. The summed E-state index contributed by atoms with van der Waals surface area (Å²) in [6.45, 7) is 2.67. The van der Waals surface area contributed by atoms with Crippen molar-refractivity contribution >= 4 is 5.69 Å². The number of hydrogen-bond donors (Lipinski definition) is 1. The van der Waals surface area contributed by atoms with Gasteiger partial charge in [-0.2, -0.15) is 5.26 Å². The number of nitrogens with zero attached hydrogens (tertiary/aromatic N) is 1. The third-order valence-electron chi connectivity index (χ3n) is 2.71. The number of benzene rings is 2. The number of anilines is 1. The van der Waals surface area contributed by atoms with E-state index in [-0.39, 0.29) is 5.56 Å². The molecule has 0 unspecified atom stereocenters. The minimum absolute atomic E-state index is 0.0656. The highest BCUT2D eigenvalue weighted by Crippen LogP contribution is 2.15. The van der Waals surface area contributed by atoms with E-state index in [1.807, 2.05) is 31.2 Å². The van der Waals surface area contributed by atoms with Crippen molar-refractivity contribution in [2.45, 2.75) is 13.5 Å². The largest absolute Gasteiger partial charge is 0.381 e. The number of hydrogen-bond acceptors (Lipinski definition) is 2. The maximum Gasteiger partial charge on any atom is 0.143 e. The fraction of sp³-hybridized carbons (Fsp3) is 0.133. The molecule has 0 aliphatic carbocycles. The molecule has 0 amide bonds. The average molecular weight is 240 g/mol. The van der Waals surface area contributed by atoms with Gasteiger partial charge in [0.25, 0.3) is 0 Å². The first kappa shape index (κ1) is 12.1. The van der Waals surface area contributed by atoms with Crippen LogP contribution in [-0.4, -0.2) is 0 Å². The Morgan fingerprint density at radius 3 is 2.50 bits per heavy atom. The molecule has 0 aliphatic heterocycles. The molecule has 0 heterocycles. The summed E-state index contributed by atoms with van der Waals surface area (Å²) in [5, 5.41) is 11.8. The summed E-state index contributed by atoms with van der Waals surface area (Å²) in [5.74, 6) is -0.494. The summed E-state index contributed by atoms with van der Waals surface area (Å²) < 4.78 is 13.4. The predicted octanol–water partition coefficient (Wildman–Crippen LogP) is 3.62. The second-order valence-corrected chi connectivity index (χ2v) is 4.15. The van der Waals surface area contributed by atoms with Gasteiger partial charge in [-0.25, -0.2) is 4.39 Å². The second-order valence-electron chi connectivity index (χ2n) is 4.15. The van der Waals surface area contributed by atoms with Crippen molar-refractivity contribution in [3.8, 4) is 6.07 Å². The van der Waals surface area contributed by atoms with Crippen LogP contribution >= 0.6 is 0 Å². The van der Waals surface area contributed by atoms with Crippen LogP contribution in [0.3, 0.4) is 0 Å². The quantitative estimate of drug-likeness (QED) is 0.889. The van der Waals surface area contributed by atoms with Crippen LogP contribution in [0.15, 0.2) is 42.5 Å². The number of halogens is 1. The SMILES string of the molecule is Cc1ccc(CNc2ccc(C#N)c(F)c2)cc1. The van der Waals surface area contributed by atoms with Crippen molar-refractivity contribution in [1.82, 2.24) is 0 Å². The van der Waals surface area contributed by atoms with E-state index < -0.39 is 5.82 Å². The molecule has 0 saturated heterocycles. The van der Waals surface area contributed by atoms with Gasteiger partial charge in [0.15, 0.2) is 0 Å². The summed E-state index contributed by atoms with van der Waals surface area (Å²) >= 11 is 0. The van der Waals surface area contributed by atoms with Gasteiger partial charge in [-0.15, -0.1) is 0 Å². The van der Waals surface area contributed by atoms with Crippen molar-refractivity contribution in [1.29, 1.82) is 5.26 Å². The highest BCUT2D eigenvalue weighted by Gasteiger charge is 2.02. The Morgan fingerprint density at radius 2 is 1.89 bits per heavy atom. The van der Waals surface area contributed by atoms with Gasteiger partial charge in [0.2, 0.25) is 0 Å². The third kappa shape index (κ3) is 2.86. The van der Waals surface area contributed by atoms with E-state index in [0.29, 0.717) is 12.2 Å². The van der Waals surface area contributed by atoms with Crippen molar-refractivity contribution in [2.24, 2.45) is 0 Å². The molecule has 0 saturated carbocycles. The Labute approximate surface area is 106 Å². The lowest BCUT2D eigenvalue weighted by Gasteiger charge is -2.07. The normalized spacial score (nSPS) is 9.83. The molecular formula is C15H13FN2. The van der Waals surface area contributed by atoms with E-state index in [0.717, 1.165) is 5.56 Å². The molecule has 2 aromatic carbocycles. The molecule has 0 spiro atoms. The molecule has 2 nitrogen and oxygen atoms in total. The lowest BCUT2D eigenvalue weighted by atomic mass is 10.1. The first-order valence-electron chi connectivity index (χ1n) is 5.68. The predicted molar refractivity (Wildman–Crippen MR) is 69.6 cm³/mol. The monoisotopic (exact) mass is 240 g/mol. The van der Waals surface area contributed by atoms with Crippen LogP contribution in [0.2, 0.25) is 0 Å². The first-order chi connectivity index (χ1) is 8.69. The maximum absolute atomic E-state index is 13.4. The van der Waals surface area contributed by atoms with Crippen LogP contribution in [-0.2, 0) is 6.54 Å². The zero-order chi connectivity index (χ0) is 13.0. The minimum Gasteiger partial charge on any atom is -0.381 e. The van der Waals surface area contributed by atoms with Crippen LogP contribution in [0.25, 0.3) is 0 Å². The molecule has 2 aromatic rings. The number of rotatable bonds is 3. The van der Waals surface area contributed by atoms with Gasteiger partial charge in [0.05, 0.1) is 5.56 Å². The molecule has 0 radical (unpaired) electrons. The smallest absolute Gasteiger partial charge is 0.143 e. The van der Waals surface area contributed by atoms with Crippen LogP contribution in [0.5, 0.6) is 0 Å². The zero-order valence-electron chi connectivity index (χ0n) is 10.1. The van der Waals surface area contributed by atoms with Crippen LogP contribution < -0.4 is 5.32 Å². The van der Waals surface area contributed by atoms with Crippen LogP contribution in [0.4, 0.5) is 10.1 Å². The van der Waals surface area contributed by atoms with Gasteiger partial charge in [0, 0.05) is 12.2 Å². The van der Waals surface area contributed by atoms with E-state index in [4.69, 9.17) is 5.26 Å². The molecule has 0 atom stereocenters. The van der Waals surface area contributed by atoms with Gasteiger partial charge >= 0.3 is 0 Å². The Kier molecular flexibility index (Phi) is 3.59. The second kappa shape index (κ2) is 5.33. The summed E-state index contributed by atoms with van der Waals surface area (Å²) in [6.07, 6.45) is 0. The van der Waals surface area contributed by atoms with Crippen LogP contribution in [0.1, 0.15) is 16.7 Å². The van der Waals surface area contributed by atoms with Crippen molar-refractivity contribution in [3.05, 3.63) is 65.0 Å². The third-order valence-corrected chi connectivity index (χ3v) is 2.71. The number of aryl methyl sites for hydroxylation is 1. The van der Waals surface area contributed by atoms with E-state index in [1.165, 1.54) is 17.7 Å². The summed E-state index contributed by atoms with van der Waals surface area (Å²) in [4.78, 5) is 0. The topological polar surface area (TPSA) is 35.8 Å². The van der Waals surface area contributed by atoms with E-state index >= 15 is 0 Å². The molecule has 90 valence electrons. The van der Waals surface area contributed by atoms with Gasteiger partial charge < -0.3 is 5.32 Å². The lowest BCUT2D eigenvalue weighted by molar-refractivity contribution is 0.624. The molecule has 3 heteroatoms. The van der Waals surface area contributed by atoms with Crippen molar-refractivity contribution < 1.29 is 4.39 Å². The highest BCUT2D eigenvalue weighted by molar-refractivity contribution is 5.48. The number of nitrogens with one attached hydrogen (secondary N) is 1. The molecule has 0 aromatic heterocycles. The molecule has 2 rings (SSSR count). The van der Waals surface area contributed by atoms with E-state index in [2.05, 4.69) is 5.32 Å². The van der Waals surface area contributed by atoms with E-state index in [1.54, 1.807) is 12.1 Å². The fourth-order valence-electron chi connectivity index (χ4n) is 1.63. The molecule has 18 heavy (non-hydrogen) atoms. The molecule has 0 fully saturated rings. The Morgan fingerprint density at radius 1 is 1.17 bits per heavy atom. The maximum atomic E-state index is 13.4. The van der Waals surface area contributed by atoms with Gasteiger partial charge in [-0.3, -0.25) is 0 Å². The lowest BCUT2D eigenvalue weighted by Crippen LogP contribution is -2.00. The van der Waals surface area contributed by atoms with Gasteiger partial charge in [-0.1, -0.05) is 29.8 Å². The molecular weight excluding hydrogens is 227 g/mol. The number of nitriles is 1. The molecule has 1 N–H and O–H groups in total.